The van der Waals surface area contributed by atoms with Crippen LogP contribution in [0.15, 0.2) is 101 Å². The number of benzene rings is 4. The number of nitrogens with two attached hydrogens (primary N) is 1. The first kappa shape index (κ1) is 33.4. The molecule has 244 valence electrons. The number of hydrogen-bond donors (Lipinski definition) is 3. The molecule has 9 nitrogen and oxygen atoms in total. The highest BCUT2D eigenvalue weighted by Crippen LogP contribution is 2.34. The molecule has 0 aliphatic rings. The van der Waals surface area contributed by atoms with E-state index in [4.69, 9.17) is 19.4 Å². The molecule has 0 bridgehead atoms. The zero-order valence-corrected chi connectivity index (χ0v) is 27.3. The fraction of sp³-hybridized carbons (Fsp3) is 0.243. The topological polar surface area (TPSA) is 149 Å². The monoisotopic (exact) mass is 654 g/mol. The summed E-state index contributed by atoms with van der Waals surface area (Å²) in [6, 6.07) is 29.7. The van der Waals surface area contributed by atoms with Crippen LogP contribution in [0.2, 0.25) is 0 Å². The van der Waals surface area contributed by atoms with E-state index < -0.39 is 33.6 Å². The van der Waals surface area contributed by atoms with Crippen molar-refractivity contribution in [3.8, 4) is 28.2 Å². The largest absolute Gasteiger partial charge is 0.493 e. The number of carbonyl (C=O) groups is 2. The normalized spacial score (nSPS) is 12.5. The van der Waals surface area contributed by atoms with Crippen molar-refractivity contribution in [3.05, 3.63) is 114 Å². The van der Waals surface area contributed by atoms with Gasteiger partial charge in [0.1, 0.15) is 17.1 Å². The van der Waals surface area contributed by atoms with Crippen molar-refractivity contribution in [2.24, 2.45) is 11.1 Å². The van der Waals surface area contributed by atoms with Crippen LogP contribution in [0.5, 0.6) is 5.75 Å². The van der Waals surface area contributed by atoms with Crippen LogP contribution in [0.1, 0.15) is 48.2 Å². The van der Waals surface area contributed by atoms with Crippen LogP contribution in [-0.2, 0) is 21.3 Å². The number of ether oxygens (including phenoxy) is 1. The van der Waals surface area contributed by atoms with Crippen LogP contribution >= 0.6 is 0 Å². The number of primary amides is 1. The van der Waals surface area contributed by atoms with E-state index in [-0.39, 0.29) is 18.4 Å². The molecule has 4 N–H and O–H groups in total. The molecule has 0 saturated heterocycles. The first-order chi connectivity index (χ1) is 22.3. The highest BCUT2D eigenvalue weighted by atomic mass is 32.2. The van der Waals surface area contributed by atoms with E-state index in [2.05, 4.69) is 26.1 Å². The molecular weight excluding hydrogens is 616 g/mol. The van der Waals surface area contributed by atoms with Crippen molar-refractivity contribution < 1.29 is 31.7 Å². The van der Waals surface area contributed by atoms with Gasteiger partial charge in [0.2, 0.25) is 5.91 Å². The highest BCUT2D eigenvalue weighted by Gasteiger charge is 2.22. The molecule has 4 aromatic carbocycles. The van der Waals surface area contributed by atoms with Crippen molar-refractivity contribution in [2.45, 2.75) is 33.1 Å². The molecule has 1 atom stereocenters. The zero-order valence-electron chi connectivity index (χ0n) is 26.5. The van der Waals surface area contributed by atoms with E-state index >= 15 is 0 Å². The second-order valence-electron chi connectivity index (χ2n) is 12.7. The molecule has 0 spiro atoms. The van der Waals surface area contributed by atoms with Crippen LogP contribution in [-0.4, -0.2) is 43.7 Å². The summed E-state index contributed by atoms with van der Waals surface area (Å²) in [5.74, 6) is -0.908. The van der Waals surface area contributed by atoms with Gasteiger partial charge in [-0.05, 0) is 70.5 Å². The van der Waals surface area contributed by atoms with Gasteiger partial charge in [0.05, 0.1) is 18.3 Å². The number of amides is 2. The number of nitrogens with one attached hydrogen (secondary N) is 1. The highest BCUT2D eigenvalue weighted by molar-refractivity contribution is 7.85. The minimum absolute atomic E-state index is 0.00266. The summed E-state index contributed by atoms with van der Waals surface area (Å²) < 4.78 is 43.6. The van der Waals surface area contributed by atoms with Crippen LogP contribution in [0, 0.1) is 5.41 Å². The molecule has 5 aromatic rings. The van der Waals surface area contributed by atoms with E-state index in [1.807, 2.05) is 84.9 Å². The lowest BCUT2D eigenvalue weighted by Crippen LogP contribution is -2.29. The molecule has 5 rings (SSSR count). The first-order valence-corrected chi connectivity index (χ1v) is 16.8. The summed E-state index contributed by atoms with van der Waals surface area (Å²) in [5, 5.41) is 3.53. The van der Waals surface area contributed by atoms with E-state index in [0.717, 1.165) is 27.7 Å². The summed E-state index contributed by atoms with van der Waals surface area (Å²) in [6.07, 6.45) is 0.276. The Bertz CT molecular complexity index is 1980. The van der Waals surface area contributed by atoms with Gasteiger partial charge in [-0.2, -0.15) is 8.42 Å². The van der Waals surface area contributed by atoms with Crippen LogP contribution < -0.4 is 15.8 Å². The summed E-state index contributed by atoms with van der Waals surface area (Å²) in [4.78, 5) is 26.0. The third-order valence-corrected chi connectivity index (χ3v) is 8.32. The molecular formula is C37H38N2O7S. The van der Waals surface area contributed by atoms with Crippen molar-refractivity contribution in [1.82, 2.24) is 5.32 Å². The Kier molecular flexibility index (Phi) is 9.83. The standard InChI is InChI=1S/C37H38N2O7S/c1-37(2,3)23-45-29-14-12-25(13-15-29)32(35(38)40)20-24-11-16-30(36(41)39-17-18-47(42,43)44)31(19-24)26-8-6-9-27(21-26)34-22-28-7-4-5-10-33(28)46-34/h4-16,19,21-22,32H,17-18,20,23H2,1-3H3,(H2,38,40)(H,39,41)(H,42,43,44). The van der Waals surface area contributed by atoms with Gasteiger partial charge in [-0.25, -0.2) is 0 Å². The van der Waals surface area contributed by atoms with Crippen LogP contribution in [0.3, 0.4) is 0 Å². The average Bonchev–Trinajstić information content (AvgIpc) is 3.46. The lowest BCUT2D eigenvalue weighted by atomic mass is 9.88. The number of rotatable bonds is 12. The van der Waals surface area contributed by atoms with E-state index in [1.54, 1.807) is 12.1 Å². The minimum atomic E-state index is -4.26. The fourth-order valence-corrected chi connectivity index (χ4v) is 5.58. The third-order valence-electron chi connectivity index (χ3n) is 7.60. The second-order valence-corrected chi connectivity index (χ2v) is 14.3. The van der Waals surface area contributed by atoms with Crippen LogP contribution in [0.25, 0.3) is 33.4 Å². The Morgan fingerprint density at radius 3 is 2.32 bits per heavy atom. The fourth-order valence-electron chi connectivity index (χ4n) is 5.22. The predicted octanol–water partition coefficient (Wildman–Crippen LogP) is 6.62. The molecule has 0 radical (unpaired) electrons. The van der Waals surface area contributed by atoms with Gasteiger partial charge in [0.25, 0.3) is 16.0 Å². The lowest BCUT2D eigenvalue weighted by molar-refractivity contribution is -0.119. The maximum atomic E-state index is 13.3. The number of para-hydroxylation sites is 1. The molecule has 1 heterocycles. The molecule has 10 heteroatoms. The molecule has 0 fully saturated rings. The van der Waals surface area contributed by atoms with Gasteiger partial charge in [-0.3, -0.25) is 14.1 Å². The Labute approximate surface area is 274 Å². The molecule has 1 aromatic heterocycles. The van der Waals surface area contributed by atoms with E-state index in [1.165, 1.54) is 0 Å². The summed E-state index contributed by atoms with van der Waals surface area (Å²) in [7, 11) is -4.26. The molecule has 0 aliphatic heterocycles. The van der Waals surface area contributed by atoms with Crippen LogP contribution in [0.4, 0.5) is 0 Å². The SMILES string of the molecule is CC(C)(C)COc1ccc(C(Cc2ccc(C(=O)NCCS(=O)(=O)O)c(-c3cccc(-c4cc5ccccc5o4)c3)c2)C(N)=O)cc1. The Morgan fingerprint density at radius 2 is 1.64 bits per heavy atom. The van der Waals surface area contributed by atoms with Gasteiger partial charge in [0, 0.05) is 23.1 Å². The number of furan rings is 1. The maximum Gasteiger partial charge on any atom is 0.266 e. The summed E-state index contributed by atoms with van der Waals surface area (Å²) in [6.45, 7) is 6.53. The summed E-state index contributed by atoms with van der Waals surface area (Å²) in [5.41, 5.74) is 10.5. The number of carbonyl (C=O) groups excluding carboxylic acids is 2. The maximum absolute atomic E-state index is 13.3. The van der Waals surface area contributed by atoms with E-state index in [0.29, 0.717) is 34.8 Å². The Balaban J connectivity index is 1.48. The summed E-state index contributed by atoms with van der Waals surface area (Å²) >= 11 is 0. The third kappa shape index (κ3) is 8.87. The van der Waals surface area contributed by atoms with Gasteiger partial charge >= 0.3 is 0 Å². The molecule has 47 heavy (non-hydrogen) atoms. The van der Waals surface area contributed by atoms with Gasteiger partial charge < -0.3 is 20.2 Å². The van der Waals surface area contributed by atoms with Gasteiger partial charge in [0.15, 0.2) is 0 Å². The smallest absolute Gasteiger partial charge is 0.266 e. The molecule has 1 unspecified atom stereocenters. The van der Waals surface area contributed by atoms with Crippen molar-refractivity contribution in [2.75, 3.05) is 18.9 Å². The zero-order chi connectivity index (χ0) is 33.8. The van der Waals surface area contributed by atoms with E-state index in [9.17, 15) is 18.0 Å². The second kappa shape index (κ2) is 13.8. The van der Waals surface area contributed by atoms with Crippen molar-refractivity contribution in [1.29, 1.82) is 0 Å². The number of hydrogen-bond acceptors (Lipinski definition) is 6. The average molecular weight is 655 g/mol. The lowest BCUT2D eigenvalue weighted by Gasteiger charge is -2.20. The first-order valence-electron chi connectivity index (χ1n) is 15.2. The molecule has 0 saturated carbocycles. The Morgan fingerprint density at radius 1 is 0.915 bits per heavy atom. The Hall–Kier alpha value is -4.93. The minimum Gasteiger partial charge on any atom is -0.493 e. The van der Waals surface area contributed by atoms with Gasteiger partial charge in [-0.1, -0.05) is 81.4 Å². The van der Waals surface area contributed by atoms with Crippen molar-refractivity contribution in [3.63, 3.8) is 0 Å². The van der Waals surface area contributed by atoms with Crippen molar-refractivity contribution >= 4 is 32.9 Å². The predicted molar refractivity (Wildman–Crippen MR) is 183 cm³/mol. The molecule has 2 amide bonds. The quantitative estimate of drug-likeness (QED) is 0.128. The van der Waals surface area contributed by atoms with Gasteiger partial charge in [-0.15, -0.1) is 0 Å². The molecule has 0 aliphatic carbocycles. The number of fused-ring (bicyclic) bond motifs is 1.